The van der Waals surface area contributed by atoms with Gasteiger partial charge in [0.25, 0.3) is 0 Å². The molecular formula is C24H24I3NO2SSi. The van der Waals surface area contributed by atoms with Gasteiger partial charge in [-0.25, -0.2) is 4.99 Å². The van der Waals surface area contributed by atoms with E-state index in [0.717, 1.165) is 35.8 Å². The third-order valence-corrected chi connectivity index (χ3v) is 20.5. The van der Waals surface area contributed by atoms with Crippen LogP contribution in [0.4, 0.5) is 5.69 Å². The Kier molecular flexibility index (Phi) is 6.47. The molecule has 0 saturated carbocycles. The van der Waals surface area contributed by atoms with Gasteiger partial charge in [-0.1, -0.05) is 41.5 Å². The molecule has 3 nitrogen and oxygen atoms in total. The minimum atomic E-state index is -2.70. The van der Waals surface area contributed by atoms with Gasteiger partial charge < -0.3 is 5.11 Å². The first-order valence-corrected chi connectivity index (χ1v) is 16.3. The predicted octanol–water partition coefficient (Wildman–Crippen LogP) is 7.74. The smallest absolute Gasteiger partial charge is 0.187 e. The van der Waals surface area contributed by atoms with Crippen molar-refractivity contribution in [3.8, 4) is 5.75 Å². The molecule has 32 heavy (non-hydrogen) atoms. The van der Waals surface area contributed by atoms with Crippen LogP contribution < -0.4 is 5.19 Å². The molecular weight excluding hydrogens is 775 g/mol. The Balaban J connectivity index is 2.28. The fraction of sp³-hybridized carbons (Fsp3) is 0.333. The summed E-state index contributed by atoms with van der Waals surface area (Å²) in [5.41, 5.74) is 2.64. The number of carbonyl (C=O) groups is 1. The van der Waals surface area contributed by atoms with Crippen molar-refractivity contribution in [1.29, 1.82) is 0 Å². The highest BCUT2D eigenvalue weighted by Crippen LogP contribution is 2.59. The molecule has 0 spiro atoms. The van der Waals surface area contributed by atoms with Gasteiger partial charge in [-0.2, -0.15) is 0 Å². The average Bonchev–Trinajstić information content (AvgIpc) is 2.91. The highest BCUT2D eigenvalue weighted by Gasteiger charge is 2.61. The van der Waals surface area contributed by atoms with Gasteiger partial charge in [-0.3, -0.25) is 4.79 Å². The van der Waals surface area contributed by atoms with Crippen molar-refractivity contribution >= 4 is 115 Å². The molecule has 2 aliphatic rings. The number of rotatable bonds is 1. The van der Waals surface area contributed by atoms with Crippen molar-refractivity contribution in [3.63, 3.8) is 0 Å². The molecule has 0 fully saturated rings. The van der Waals surface area contributed by atoms with E-state index in [4.69, 9.17) is 4.99 Å². The maximum Gasteiger partial charge on any atom is 0.187 e. The van der Waals surface area contributed by atoms with E-state index in [1.54, 1.807) is 23.5 Å². The second kappa shape index (κ2) is 8.27. The summed E-state index contributed by atoms with van der Waals surface area (Å²) in [5, 5.41) is 12.5. The molecule has 8 heteroatoms. The molecule has 1 N–H and O–H groups in total. The van der Waals surface area contributed by atoms with E-state index in [0.29, 0.717) is 0 Å². The lowest BCUT2D eigenvalue weighted by Crippen LogP contribution is -2.66. The fourth-order valence-corrected chi connectivity index (χ4v) is 17.6. The first-order chi connectivity index (χ1) is 14.7. The van der Waals surface area contributed by atoms with E-state index >= 15 is 0 Å². The number of fused-ring (bicyclic) bond motifs is 2. The van der Waals surface area contributed by atoms with Gasteiger partial charge in [-0.15, -0.1) is 11.3 Å². The van der Waals surface area contributed by atoms with Gasteiger partial charge in [0.15, 0.2) is 5.78 Å². The van der Waals surface area contributed by atoms with Gasteiger partial charge in [-0.05, 0) is 119 Å². The predicted molar refractivity (Wildman–Crippen MR) is 164 cm³/mol. The molecule has 2 aromatic rings. The first kappa shape index (κ1) is 25.1. The third kappa shape index (κ3) is 3.56. The van der Waals surface area contributed by atoms with Crippen LogP contribution in [0.3, 0.4) is 0 Å². The Hall–Kier alpha value is -0.0531. The van der Waals surface area contributed by atoms with Crippen molar-refractivity contribution < 1.29 is 9.90 Å². The summed E-state index contributed by atoms with van der Waals surface area (Å²) >= 11 is 8.82. The standard InChI is InChI=1S/C24H24I3NO2SSi/c1-23(2,3)32(24(4,5)6)16-11-12(29)7-8-13(16)28-14-9-10-15(30)17(21(14)32)20-18(25)19(26)22(27)31-20/h7-11,29H,1-6H3. The number of halogens is 3. The van der Waals surface area contributed by atoms with Crippen LogP contribution in [0.5, 0.6) is 5.75 Å². The summed E-state index contributed by atoms with van der Waals surface area (Å²) in [6.07, 6.45) is 3.59. The molecule has 2 heterocycles. The Morgan fingerprint density at radius 2 is 1.59 bits per heavy atom. The topological polar surface area (TPSA) is 49.7 Å². The van der Waals surface area contributed by atoms with Gasteiger partial charge in [0.05, 0.1) is 22.7 Å². The molecule has 168 valence electrons. The number of phenolic OH excluding ortho intramolecular Hbond substituents is 1. The van der Waals surface area contributed by atoms with Crippen molar-refractivity contribution in [2.75, 3.05) is 0 Å². The number of benzene rings is 1. The van der Waals surface area contributed by atoms with Crippen molar-refractivity contribution in [1.82, 2.24) is 0 Å². The van der Waals surface area contributed by atoms with Crippen LogP contribution in [-0.2, 0) is 4.79 Å². The molecule has 0 radical (unpaired) electrons. The number of aliphatic imine (C=N–C) groups is 1. The van der Waals surface area contributed by atoms with Crippen molar-refractivity contribution in [2.45, 2.75) is 51.6 Å². The lowest BCUT2D eigenvalue weighted by Gasteiger charge is -2.56. The monoisotopic (exact) mass is 799 g/mol. The Morgan fingerprint density at radius 1 is 0.969 bits per heavy atom. The van der Waals surface area contributed by atoms with Crippen LogP contribution in [0.15, 0.2) is 40.5 Å². The number of nitrogens with zero attached hydrogens (tertiary/aromatic N) is 1. The van der Waals surface area contributed by atoms with Crippen molar-refractivity contribution in [2.24, 2.45) is 4.99 Å². The maximum atomic E-state index is 13.6. The molecule has 4 rings (SSSR count). The molecule has 0 bridgehead atoms. The van der Waals surface area contributed by atoms with E-state index in [9.17, 15) is 9.90 Å². The second-order valence-electron chi connectivity index (χ2n) is 10.2. The zero-order chi connectivity index (χ0) is 23.8. The van der Waals surface area contributed by atoms with Crippen LogP contribution >= 0.6 is 79.1 Å². The fourth-order valence-electron chi connectivity index (χ4n) is 5.67. The Labute approximate surface area is 235 Å². The van der Waals surface area contributed by atoms with E-state index < -0.39 is 8.07 Å². The maximum absolute atomic E-state index is 13.6. The minimum absolute atomic E-state index is 0.0555. The van der Waals surface area contributed by atoms with Crippen LogP contribution in [0, 0.1) is 10.0 Å². The van der Waals surface area contributed by atoms with Crippen LogP contribution in [0.25, 0.3) is 5.57 Å². The number of thiophene rings is 1. The van der Waals surface area contributed by atoms with Gasteiger partial charge in [0.2, 0.25) is 0 Å². The largest absolute Gasteiger partial charge is 0.508 e. The number of allylic oxidation sites excluding steroid dienone is 4. The van der Waals surface area contributed by atoms with E-state index in [-0.39, 0.29) is 21.6 Å². The minimum Gasteiger partial charge on any atom is -0.508 e. The van der Waals surface area contributed by atoms with Gasteiger partial charge in [0.1, 0.15) is 13.8 Å². The zero-order valence-corrected chi connectivity index (χ0v) is 27.0. The number of aromatic hydroxyl groups is 1. The molecule has 1 aromatic carbocycles. The summed E-state index contributed by atoms with van der Waals surface area (Å²) in [5.74, 6) is 0.308. The average molecular weight is 799 g/mol. The van der Waals surface area contributed by atoms with Crippen LogP contribution in [0.1, 0.15) is 46.4 Å². The molecule has 0 atom stereocenters. The molecule has 0 amide bonds. The highest BCUT2D eigenvalue weighted by atomic mass is 127. The SMILES string of the molecule is CC(C)(C)[Si]1(C(C)(C)C)C2=C(c3sc(I)c(I)c3I)C(=O)C=CC2=Nc2ccc(O)cc21. The summed E-state index contributed by atoms with van der Waals surface area (Å²) < 4.78 is 3.53. The molecule has 0 unspecified atom stereocenters. The lowest BCUT2D eigenvalue weighted by atomic mass is 10.0. The van der Waals surface area contributed by atoms with E-state index in [1.165, 1.54) is 6.45 Å². The number of phenols is 1. The van der Waals surface area contributed by atoms with E-state index in [2.05, 4.69) is 109 Å². The number of carbonyl (C=O) groups excluding carboxylic acids is 1. The summed E-state index contributed by atoms with van der Waals surface area (Å²) in [6.45, 7) is 13.8. The molecule has 1 aliphatic carbocycles. The zero-order valence-electron chi connectivity index (χ0n) is 18.7. The summed E-state index contributed by atoms with van der Waals surface area (Å²) in [7, 11) is -2.70. The second-order valence-corrected chi connectivity index (χ2v) is 20.8. The molecule has 1 aliphatic heterocycles. The number of hydrogen-bond donors (Lipinski definition) is 1. The van der Waals surface area contributed by atoms with Gasteiger partial charge >= 0.3 is 0 Å². The summed E-state index contributed by atoms with van der Waals surface area (Å²) in [6, 6.07) is 5.56. The van der Waals surface area contributed by atoms with Crippen molar-refractivity contribution in [3.05, 3.63) is 50.4 Å². The van der Waals surface area contributed by atoms with E-state index in [1.807, 2.05) is 18.2 Å². The lowest BCUT2D eigenvalue weighted by molar-refractivity contribution is -0.109. The quantitative estimate of drug-likeness (QED) is 0.183. The highest BCUT2D eigenvalue weighted by molar-refractivity contribution is 14.1. The normalized spacial score (nSPS) is 17.9. The Bertz CT molecular complexity index is 1250. The summed E-state index contributed by atoms with van der Waals surface area (Å²) in [4.78, 5) is 19.7. The van der Waals surface area contributed by atoms with Gasteiger partial charge in [0, 0.05) is 9.14 Å². The number of ketones is 1. The first-order valence-electron chi connectivity index (χ1n) is 10.2. The molecule has 1 aromatic heterocycles. The van der Waals surface area contributed by atoms with Crippen LogP contribution in [0.2, 0.25) is 10.1 Å². The molecule has 0 saturated heterocycles. The third-order valence-electron chi connectivity index (χ3n) is 6.38. The Morgan fingerprint density at radius 3 is 2.12 bits per heavy atom. The van der Waals surface area contributed by atoms with Crippen LogP contribution in [-0.4, -0.2) is 24.7 Å². The number of hydrogen-bond acceptors (Lipinski definition) is 4.